The van der Waals surface area contributed by atoms with Gasteiger partial charge in [0.2, 0.25) is 5.82 Å². The first-order valence-electron chi connectivity index (χ1n) is 9.46. The lowest BCUT2D eigenvalue weighted by Gasteiger charge is -2.27. The molecule has 0 saturated heterocycles. The van der Waals surface area contributed by atoms with Crippen molar-refractivity contribution in [2.45, 2.75) is 13.0 Å². The first kappa shape index (κ1) is 18.2. The summed E-state index contributed by atoms with van der Waals surface area (Å²) in [7, 11) is 1.84. The molecule has 5 rings (SSSR count). The van der Waals surface area contributed by atoms with Crippen molar-refractivity contribution in [2.75, 3.05) is 6.54 Å². The largest absolute Gasteiger partial charge is 0.332 e. The molecule has 1 amide bonds. The number of hydrogen-bond acceptors (Lipinski definition) is 6. The number of nitrogens with zero attached hydrogens (tertiary/aromatic N) is 6. The average molecular weight is 404 g/mol. The van der Waals surface area contributed by atoms with Crippen LogP contribution in [0.5, 0.6) is 0 Å². The van der Waals surface area contributed by atoms with Crippen molar-refractivity contribution < 1.29 is 13.7 Å². The Balaban J connectivity index is 1.48. The van der Waals surface area contributed by atoms with Crippen LogP contribution in [0.2, 0.25) is 0 Å². The molecule has 0 saturated carbocycles. The van der Waals surface area contributed by atoms with Crippen LogP contribution in [0.4, 0.5) is 4.39 Å². The van der Waals surface area contributed by atoms with Crippen molar-refractivity contribution in [3.63, 3.8) is 0 Å². The van der Waals surface area contributed by atoms with Crippen LogP contribution in [0.25, 0.3) is 23.0 Å². The molecule has 0 radical (unpaired) electrons. The highest BCUT2D eigenvalue weighted by Crippen LogP contribution is 2.31. The molecule has 8 nitrogen and oxygen atoms in total. The second-order valence-electron chi connectivity index (χ2n) is 6.99. The number of amides is 1. The third-order valence-electron chi connectivity index (χ3n) is 5.16. The third kappa shape index (κ3) is 3.04. The fourth-order valence-corrected chi connectivity index (χ4v) is 3.66. The van der Waals surface area contributed by atoms with E-state index in [2.05, 4.69) is 20.2 Å². The fourth-order valence-electron chi connectivity index (χ4n) is 3.66. The summed E-state index contributed by atoms with van der Waals surface area (Å²) in [6, 6.07) is 11.5. The molecule has 150 valence electrons. The molecule has 4 aromatic rings. The van der Waals surface area contributed by atoms with Gasteiger partial charge in [-0.2, -0.15) is 10.1 Å². The smallest absolute Gasteiger partial charge is 0.279 e. The molecule has 0 bridgehead atoms. The highest BCUT2D eigenvalue weighted by atomic mass is 19.1. The van der Waals surface area contributed by atoms with Crippen LogP contribution in [-0.2, 0) is 20.0 Å². The van der Waals surface area contributed by atoms with Gasteiger partial charge in [0.05, 0.1) is 12.1 Å². The van der Waals surface area contributed by atoms with E-state index in [0.717, 1.165) is 11.3 Å². The minimum Gasteiger partial charge on any atom is -0.332 e. The lowest BCUT2D eigenvalue weighted by atomic mass is 10.0. The second kappa shape index (κ2) is 7.18. The van der Waals surface area contributed by atoms with Crippen LogP contribution in [0.15, 0.2) is 53.2 Å². The van der Waals surface area contributed by atoms with E-state index in [1.165, 1.54) is 6.07 Å². The molecule has 30 heavy (non-hydrogen) atoms. The highest BCUT2D eigenvalue weighted by Gasteiger charge is 2.30. The zero-order chi connectivity index (χ0) is 20.7. The standard InChI is InChI=1S/C21H17FN6O2/c1-27-17-9-11-28(21(29)16-8-4-5-10-23-16)12-14(17)18(25-27)20-24-19(26-30-20)13-6-2-3-7-15(13)22/h2-8,10H,9,11-12H2,1H3. The van der Waals surface area contributed by atoms with Crippen molar-refractivity contribution in [1.82, 2.24) is 29.8 Å². The summed E-state index contributed by atoms with van der Waals surface area (Å²) in [6.45, 7) is 0.914. The van der Waals surface area contributed by atoms with Gasteiger partial charge in [0, 0.05) is 37.5 Å². The molecule has 0 N–H and O–H groups in total. The Morgan fingerprint density at radius 3 is 2.80 bits per heavy atom. The molecule has 0 unspecified atom stereocenters. The zero-order valence-corrected chi connectivity index (χ0v) is 16.1. The number of rotatable bonds is 3. The first-order chi connectivity index (χ1) is 14.6. The Labute approximate surface area is 171 Å². The second-order valence-corrected chi connectivity index (χ2v) is 6.99. The Morgan fingerprint density at radius 1 is 1.17 bits per heavy atom. The summed E-state index contributed by atoms with van der Waals surface area (Å²) >= 11 is 0. The minimum absolute atomic E-state index is 0.145. The molecule has 0 fully saturated rings. The molecule has 4 heterocycles. The predicted octanol–water partition coefficient (Wildman–Crippen LogP) is 2.87. The lowest BCUT2D eigenvalue weighted by Crippen LogP contribution is -2.36. The van der Waals surface area contributed by atoms with Gasteiger partial charge in [-0.15, -0.1) is 0 Å². The number of fused-ring (bicyclic) bond motifs is 1. The number of hydrogen-bond donors (Lipinski definition) is 0. The molecule has 0 spiro atoms. The van der Waals surface area contributed by atoms with Gasteiger partial charge < -0.3 is 9.42 Å². The average Bonchev–Trinajstić information content (AvgIpc) is 3.39. The normalized spacial score (nSPS) is 13.3. The van der Waals surface area contributed by atoms with E-state index in [4.69, 9.17) is 4.52 Å². The highest BCUT2D eigenvalue weighted by molar-refractivity contribution is 5.92. The van der Waals surface area contributed by atoms with E-state index in [-0.39, 0.29) is 23.2 Å². The molecule has 3 aromatic heterocycles. The number of aryl methyl sites for hydroxylation is 1. The summed E-state index contributed by atoms with van der Waals surface area (Å²) in [5.41, 5.74) is 2.99. The van der Waals surface area contributed by atoms with Crippen LogP contribution in [0.3, 0.4) is 0 Å². The maximum absolute atomic E-state index is 14.1. The van der Waals surface area contributed by atoms with Gasteiger partial charge in [-0.1, -0.05) is 23.4 Å². The van der Waals surface area contributed by atoms with Gasteiger partial charge in [-0.25, -0.2) is 4.39 Å². The maximum Gasteiger partial charge on any atom is 0.279 e. The Bertz CT molecular complexity index is 1230. The monoisotopic (exact) mass is 404 g/mol. The van der Waals surface area contributed by atoms with Gasteiger partial charge in [0.15, 0.2) is 5.69 Å². The van der Waals surface area contributed by atoms with Crippen molar-refractivity contribution in [1.29, 1.82) is 0 Å². The van der Waals surface area contributed by atoms with Gasteiger partial charge in [-0.3, -0.25) is 14.5 Å². The van der Waals surface area contributed by atoms with Crippen LogP contribution in [-0.4, -0.2) is 42.3 Å². The van der Waals surface area contributed by atoms with Crippen LogP contribution in [0, 0.1) is 5.82 Å². The van der Waals surface area contributed by atoms with Crippen LogP contribution in [0.1, 0.15) is 21.7 Å². The number of halogens is 1. The Morgan fingerprint density at radius 2 is 2.00 bits per heavy atom. The molecule has 0 atom stereocenters. The molecule has 1 aliphatic heterocycles. The lowest BCUT2D eigenvalue weighted by molar-refractivity contribution is 0.0727. The predicted molar refractivity (Wildman–Crippen MR) is 105 cm³/mol. The van der Waals surface area contributed by atoms with Gasteiger partial charge in [0.1, 0.15) is 11.5 Å². The summed E-state index contributed by atoms with van der Waals surface area (Å²) in [5.74, 6) is -0.231. The molecule has 0 aliphatic carbocycles. The number of benzene rings is 1. The molecule has 1 aliphatic rings. The summed E-state index contributed by atoms with van der Waals surface area (Å²) in [5, 5.41) is 8.45. The molecular formula is C21H17FN6O2. The molecule has 9 heteroatoms. The fraction of sp³-hybridized carbons (Fsp3) is 0.190. The van der Waals surface area contributed by atoms with Crippen molar-refractivity contribution in [2.24, 2.45) is 7.05 Å². The third-order valence-corrected chi connectivity index (χ3v) is 5.16. The summed E-state index contributed by atoms with van der Waals surface area (Å²) in [6.07, 6.45) is 2.24. The van der Waals surface area contributed by atoms with E-state index < -0.39 is 5.82 Å². The summed E-state index contributed by atoms with van der Waals surface area (Å²) < 4.78 is 21.2. The quantitative estimate of drug-likeness (QED) is 0.522. The number of aromatic nitrogens is 5. The van der Waals surface area contributed by atoms with Crippen molar-refractivity contribution in [3.8, 4) is 23.0 Å². The maximum atomic E-state index is 14.1. The topological polar surface area (TPSA) is 89.9 Å². The number of pyridine rings is 1. The molecule has 1 aromatic carbocycles. The van der Waals surface area contributed by atoms with Gasteiger partial charge in [-0.05, 0) is 24.3 Å². The van der Waals surface area contributed by atoms with Crippen molar-refractivity contribution >= 4 is 5.91 Å². The number of carbonyl (C=O) groups excluding carboxylic acids is 1. The minimum atomic E-state index is -0.431. The van der Waals surface area contributed by atoms with E-state index in [0.29, 0.717) is 30.9 Å². The summed E-state index contributed by atoms with van der Waals surface area (Å²) in [4.78, 5) is 23.1. The van der Waals surface area contributed by atoms with E-state index >= 15 is 0 Å². The SMILES string of the molecule is Cn1nc(-c2nc(-c3ccccc3F)no2)c2c1CCN(C(=O)c1ccccn1)C2. The van der Waals surface area contributed by atoms with E-state index in [1.807, 2.05) is 7.05 Å². The van der Waals surface area contributed by atoms with E-state index in [9.17, 15) is 9.18 Å². The zero-order valence-electron chi connectivity index (χ0n) is 16.1. The van der Waals surface area contributed by atoms with E-state index in [1.54, 1.807) is 52.2 Å². The van der Waals surface area contributed by atoms with Crippen LogP contribution >= 0.6 is 0 Å². The van der Waals surface area contributed by atoms with Gasteiger partial charge >= 0.3 is 0 Å². The Kier molecular flexibility index (Phi) is 4.35. The first-order valence-corrected chi connectivity index (χ1v) is 9.46. The number of carbonyl (C=O) groups is 1. The Hall–Kier alpha value is -3.88. The van der Waals surface area contributed by atoms with Crippen molar-refractivity contribution in [3.05, 3.63) is 71.4 Å². The van der Waals surface area contributed by atoms with Crippen LogP contribution < -0.4 is 0 Å². The molecular weight excluding hydrogens is 387 g/mol. The van der Waals surface area contributed by atoms with Gasteiger partial charge in [0.25, 0.3) is 11.8 Å².